The highest BCUT2D eigenvalue weighted by molar-refractivity contribution is 5.92. The van der Waals surface area contributed by atoms with E-state index in [0.29, 0.717) is 10.9 Å². The smallest absolute Gasteiger partial charge is 0.325 e. The van der Waals surface area contributed by atoms with Crippen LogP contribution in [0.4, 0.5) is 0 Å². The van der Waals surface area contributed by atoms with Gasteiger partial charge in [-0.2, -0.15) is 0 Å². The van der Waals surface area contributed by atoms with Crippen LogP contribution in [0.15, 0.2) is 28.0 Å². The van der Waals surface area contributed by atoms with Crippen molar-refractivity contribution >= 4 is 21.9 Å². The summed E-state index contributed by atoms with van der Waals surface area (Å²) in [6.07, 6.45) is 1.75. The van der Waals surface area contributed by atoms with Gasteiger partial charge in [0.2, 0.25) is 0 Å². The summed E-state index contributed by atoms with van der Waals surface area (Å²) < 4.78 is 2.02. The molecule has 0 unspecified atom stereocenters. The van der Waals surface area contributed by atoms with Gasteiger partial charge in [0.15, 0.2) is 0 Å². The van der Waals surface area contributed by atoms with E-state index in [9.17, 15) is 9.59 Å². The van der Waals surface area contributed by atoms with Crippen molar-refractivity contribution in [3.63, 3.8) is 0 Å². The van der Waals surface area contributed by atoms with E-state index in [1.165, 1.54) is 0 Å². The maximum atomic E-state index is 11.7. The Hall–Kier alpha value is -2.37. The highest BCUT2D eigenvalue weighted by Crippen LogP contribution is 2.24. The van der Waals surface area contributed by atoms with E-state index >= 15 is 0 Å². The van der Waals surface area contributed by atoms with Gasteiger partial charge in [-0.15, -0.1) is 0 Å². The Morgan fingerprint density at radius 1 is 1.16 bits per heavy atom. The minimum absolute atomic E-state index is 0.121. The Morgan fingerprint density at radius 2 is 1.89 bits per heavy atom. The maximum absolute atomic E-state index is 11.7. The molecular formula is C13H14N4O2. The van der Waals surface area contributed by atoms with Crippen molar-refractivity contribution in [2.45, 2.75) is 26.3 Å². The molecule has 0 aliphatic heterocycles. The molecule has 0 bridgehead atoms. The van der Waals surface area contributed by atoms with Crippen LogP contribution in [0.3, 0.4) is 0 Å². The molecular weight excluding hydrogens is 244 g/mol. The number of nitrogens with one attached hydrogen (secondary N) is 2. The molecule has 0 aliphatic rings. The van der Waals surface area contributed by atoms with E-state index in [-0.39, 0.29) is 5.54 Å². The second-order valence-electron chi connectivity index (χ2n) is 5.58. The van der Waals surface area contributed by atoms with Gasteiger partial charge < -0.3 is 9.55 Å². The van der Waals surface area contributed by atoms with Crippen LogP contribution in [0.1, 0.15) is 20.8 Å². The van der Waals surface area contributed by atoms with E-state index in [1.807, 2.05) is 4.57 Å². The fraction of sp³-hybridized carbons (Fsp3) is 0.308. The summed E-state index contributed by atoms with van der Waals surface area (Å²) in [6, 6.07) is 3.49. The SMILES string of the molecule is CC(C)(C)n1cnc2cc3c(=O)[nH]c(=O)[nH]c3cc21. The van der Waals surface area contributed by atoms with Gasteiger partial charge in [0.05, 0.1) is 28.3 Å². The standard InChI is InChI=1S/C13H14N4O2/c1-13(2,3)17-6-14-9-4-7-8(5-10(9)17)15-12(19)16-11(7)18/h4-6H,1-3H3,(H2,15,16,18,19). The van der Waals surface area contributed by atoms with Gasteiger partial charge in [0, 0.05) is 5.54 Å². The lowest BCUT2D eigenvalue weighted by Crippen LogP contribution is -2.22. The summed E-state index contributed by atoms with van der Waals surface area (Å²) in [5.41, 5.74) is 1.13. The normalized spacial score (nSPS) is 12.4. The van der Waals surface area contributed by atoms with Crippen LogP contribution in [0.5, 0.6) is 0 Å². The van der Waals surface area contributed by atoms with Crippen molar-refractivity contribution in [2.75, 3.05) is 0 Å². The number of hydrogen-bond acceptors (Lipinski definition) is 3. The Kier molecular flexibility index (Phi) is 2.20. The molecule has 0 aliphatic carbocycles. The van der Waals surface area contributed by atoms with E-state index in [0.717, 1.165) is 11.0 Å². The average molecular weight is 258 g/mol. The van der Waals surface area contributed by atoms with Crippen LogP contribution in [0.2, 0.25) is 0 Å². The zero-order valence-electron chi connectivity index (χ0n) is 10.9. The van der Waals surface area contributed by atoms with Gasteiger partial charge >= 0.3 is 5.69 Å². The topological polar surface area (TPSA) is 83.5 Å². The Labute approximate surface area is 108 Å². The molecule has 19 heavy (non-hydrogen) atoms. The lowest BCUT2D eigenvalue weighted by Gasteiger charge is -2.21. The first-order valence-electron chi connectivity index (χ1n) is 6.00. The Morgan fingerprint density at radius 3 is 2.58 bits per heavy atom. The van der Waals surface area contributed by atoms with E-state index in [4.69, 9.17) is 0 Å². The van der Waals surface area contributed by atoms with Crippen molar-refractivity contribution in [2.24, 2.45) is 0 Å². The number of aromatic amines is 2. The number of benzene rings is 1. The van der Waals surface area contributed by atoms with Gasteiger partial charge in [0.1, 0.15) is 0 Å². The largest absolute Gasteiger partial charge is 0.326 e. The van der Waals surface area contributed by atoms with Crippen LogP contribution >= 0.6 is 0 Å². The first kappa shape index (κ1) is 11.7. The number of aromatic nitrogens is 4. The van der Waals surface area contributed by atoms with Gasteiger partial charge in [0.25, 0.3) is 5.56 Å². The molecule has 0 amide bonds. The molecule has 6 heteroatoms. The maximum Gasteiger partial charge on any atom is 0.326 e. The zero-order chi connectivity index (χ0) is 13.8. The third kappa shape index (κ3) is 1.76. The predicted molar refractivity (Wildman–Crippen MR) is 73.5 cm³/mol. The third-order valence-electron chi connectivity index (χ3n) is 3.13. The minimum Gasteiger partial charge on any atom is -0.325 e. The van der Waals surface area contributed by atoms with Gasteiger partial charge in [-0.3, -0.25) is 9.78 Å². The molecule has 6 nitrogen and oxygen atoms in total. The van der Waals surface area contributed by atoms with Gasteiger partial charge in [-0.05, 0) is 32.9 Å². The molecule has 0 spiro atoms. The predicted octanol–water partition coefficient (Wildman–Crippen LogP) is 1.32. The fourth-order valence-corrected chi connectivity index (χ4v) is 2.21. The molecule has 0 radical (unpaired) electrons. The first-order chi connectivity index (χ1) is 8.86. The Balaban J connectivity index is 2.48. The van der Waals surface area contributed by atoms with Crippen LogP contribution in [0.25, 0.3) is 21.9 Å². The molecule has 0 saturated heterocycles. The van der Waals surface area contributed by atoms with Crippen LogP contribution in [-0.4, -0.2) is 19.5 Å². The second kappa shape index (κ2) is 3.57. The van der Waals surface area contributed by atoms with E-state index in [2.05, 4.69) is 35.7 Å². The van der Waals surface area contributed by atoms with E-state index in [1.54, 1.807) is 18.5 Å². The number of H-pyrrole nitrogens is 2. The molecule has 0 fully saturated rings. The molecule has 0 saturated carbocycles. The summed E-state index contributed by atoms with van der Waals surface area (Å²) in [6.45, 7) is 6.20. The minimum atomic E-state index is -0.501. The lowest BCUT2D eigenvalue weighted by atomic mass is 10.1. The number of nitrogens with zero attached hydrogens (tertiary/aromatic N) is 2. The van der Waals surface area contributed by atoms with Crippen molar-refractivity contribution in [1.82, 2.24) is 19.5 Å². The van der Waals surface area contributed by atoms with Crippen molar-refractivity contribution in [3.05, 3.63) is 39.3 Å². The fourth-order valence-electron chi connectivity index (χ4n) is 2.21. The van der Waals surface area contributed by atoms with Crippen molar-refractivity contribution < 1.29 is 0 Å². The number of rotatable bonds is 0. The lowest BCUT2D eigenvalue weighted by molar-refractivity contribution is 0.408. The van der Waals surface area contributed by atoms with Gasteiger partial charge in [-0.25, -0.2) is 9.78 Å². The summed E-state index contributed by atoms with van der Waals surface area (Å²) in [7, 11) is 0. The molecule has 3 rings (SSSR count). The number of fused-ring (bicyclic) bond motifs is 2. The van der Waals surface area contributed by atoms with Crippen LogP contribution in [0, 0.1) is 0 Å². The van der Waals surface area contributed by atoms with Crippen LogP contribution in [-0.2, 0) is 5.54 Å². The Bertz CT molecular complexity index is 893. The monoisotopic (exact) mass is 258 g/mol. The molecule has 0 atom stereocenters. The van der Waals surface area contributed by atoms with Crippen molar-refractivity contribution in [1.29, 1.82) is 0 Å². The number of hydrogen-bond donors (Lipinski definition) is 2. The third-order valence-corrected chi connectivity index (χ3v) is 3.13. The first-order valence-corrected chi connectivity index (χ1v) is 6.00. The highest BCUT2D eigenvalue weighted by Gasteiger charge is 2.17. The number of imidazole rings is 1. The summed E-state index contributed by atoms with van der Waals surface area (Å²) in [5, 5.41) is 0.436. The molecule has 3 aromatic rings. The molecule has 1 aromatic carbocycles. The van der Waals surface area contributed by atoms with Gasteiger partial charge in [-0.1, -0.05) is 0 Å². The summed E-state index contributed by atoms with van der Waals surface area (Å²) in [4.78, 5) is 32.2. The summed E-state index contributed by atoms with van der Waals surface area (Å²) >= 11 is 0. The summed E-state index contributed by atoms with van der Waals surface area (Å²) in [5.74, 6) is 0. The zero-order valence-corrected chi connectivity index (χ0v) is 10.9. The quantitative estimate of drug-likeness (QED) is 0.638. The molecule has 2 aromatic heterocycles. The van der Waals surface area contributed by atoms with E-state index < -0.39 is 11.2 Å². The average Bonchev–Trinajstić information content (AvgIpc) is 2.68. The van der Waals surface area contributed by atoms with Crippen molar-refractivity contribution in [3.8, 4) is 0 Å². The second-order valence-corrected chi connectivity index (χ2v) is 5.58. The van der Waals surface area contributed by atoms with Crippen LogP contribution < -0.4 is 11.2 Å². The highest BCUT2D eigenvalue weighted by atomic mass is 16.2. The molecule has 2 heterocycles. The molecule has 98 valence electrons. The molecule has 2 N–H and O–H groups in total.